The van der Waals surface area contributed by atoms with Gasteiger partial charge in [0.1, 0.15) is 11.9 Å². The zero-order chi connectivity index (χ0) is 14.5. The quantitative estimate of drug-likeness (QED) is 0.489. The van der Waals surface area contributed by atoms with Crippen LogP contribution in [0.3, 0.4) is 0 Å². The Hall–Kier alpha value is -2.29. The van der Waals surface area contributed by atoms with Gasteiger partial charge in [0.25, 0.3) is 0 Å². The van der Waals surface area contributed by atoms with Gasteiger partial charge in [-0.2, -0.15) is 10.4 Å². The molecular formula is C14H18N4O2. The molecule has 0 saturated heterocycles. The third-order valence-electron chi connectivity index (χ3n) is 3.34. The third-order valence-corrected chi connectivity index (χ3v) is 3.34. The molecule has 1 aromatic rings. The number of hydrogen-bond donors (Lipinski definition) is 1. The molecule has 6 nitrogen and oxygen atoms in total. The van der Waals surface area contributed by atoms with Crippen LogP contribution in [0.15, 0.2) is 24.0 Å². The topological polar surface area (TPSA) is 79.9 Å². The number of carbonyl (C=O) groups excluding carboxylic acids is 1. The molecule has 1 heterocycles. The van der Waals surface area contributed by atoms with E-state index in [2.05, 4.69) is 17.3 Å². The molecule has 0 bridgehead atoms. The van der Waals surface area contributed by atoms with E-state index in [9.17, 15) is 4.79 Å². The van der Waals surface area contributed by atoms with Crippen LogP contribution in [0.25, 0.3) is 0 Å². The molecule has 1 N–H and O–H groups in total. The molecule has 1 atom stereocenters. The molecule has 0 radical (unpaired) electrons. The van der Waals surface area contributed by atoms with Crippen LogP contribution in [0.4, 0.5) is 5.82 Å². The van der Waals surface area contributed by atoms with Crippen molar-refractivity contribution in [3.8, 4) is 6.07 Å². The molecular weight excluding hydrogens is 256 g/mol. The Kier molecular flexibility index (Phi) is 4.41. The summed E-state index contributed by atoms with van der Waals surface area (Å²) in [7, 11) is 0. The second-order valence-electron chi connectivity index (χ2n) is 4.77. The van der Waals surface area contributed by atoms with Crippen molar-refractivity contribution in [3.05, 3.63) is 24.0 Å². The van der Waals surface area contributed by atoms with Crippen molar-refractivity contribution in [2.45, 2.75) is 32.7 Å². The number of anilines is 1. The molecule has 0 amide bonds. The summed E-state index contributed by atoms with van der Waals surface area (Å²) in [4.78, 5) is 11.5. The molecule has 20 heavy (non-hydrogen) atoms. The highest BCUT2D eigenvalue weighted by atomic mass is 16.5. The van der Waals surface area contributed by atoms with Crippen molar-refractivity contribution in [2.24, 2.45) is 5.92 Å². The number of aromatic nitrogens is 2. The SMILES string of the molecule is CCOC(=O)/C(C#N)=C/Nc1ccnn1[C@H](C)C1CC1. The van der Waals surface area contributed by atoms with Gasteiger partial charge in [0.15, 0.2) is 5.57 Å². The van der Waals surface area contributed by atoms with Gasteiger partial charge in [-0.25, -0.2) is 9.48 Å². The van der Waals surface area contributed by atoms with Crippen LogP contribution in [-0.2, 0) is 9.53 Å². The molecule has 2 rings (SSSR count). The maximum Gasteiger partial charge on any atom is 0.350 e. The minimum Gasteiger partial charge on any atom is -0.462 e. The van der Waals surface area contributed by atoms with E-state index in [1.54, 1.807) is 13.1 Å². The average Bonchev–Trinajstić information content (AvgIpc) is 3.18. The number of carbonyl (C=O) groups is 1. The Bertz CT molecular complexity index is 552. The highest BCUT2D eigenvalue weighted by Crippen LogP contribution is 2.40. The number of nitriles is 1. The van der Waals surface area contributed by atoms with Crippen LogP contribution in [0, 0.1) is 17.2 Å². The van der Waals surface area contributed by atoms with Gasteiger partial charge < -0.3 is 10.1 Å². The smallest absolute Gasteiger partial charge is 0.350 e. The highest BCUT2D eigenvalue weighted by Gasteiger charge is 2.30. The summed E-state index contributed by atoms with van der Waals surface area (Å²) in [5, 5.41) is 16.2. The van der Waals surface area contributed by atoms with Crippen LogP contribution >= 0.6 is 0 Å². The van der Waals surface area contributed by atoms with E-state index < -0.39 is 5.97 Å². The van der Waals surface area contributed by atoms with Crippen molar-refractivity contribution in [2.75, 3.05) is 11.9 Å². The van der Waals surface area contributed by atoms with Gasteiger partial charge in [0.05, 0.1) is 18.8 Å². The summed E-state index contributed by atoms with van der Waals surface area (Å²) in [6.07, 6.45) is 5.52. The number of hydrogen-bond acceptors (Lipinski definition) is 5. The third kappa shape index (κ3) is 3.18. The summed E-state index contributed by atoms with van der Waals surface area (Å²) >= 11 is 0. The first-order valence-electron chi connectivity index (χ1n) is 6.74. The molecule has 1 aliphatic carbocycles. The Morgan fingerprint density at radius 3 is 3.10 bits per heavy atom. The van der Waals surface area contributed by atoms with Crippen molar-refractivity contribution in [1.29, 1.82) is 5.26 Å². The standard InChI is InChI=1S/C14H18N4O2/c1-3-20-14(19)12(8-15)9-16-13-6-7-17-18(13)10(2)11-4-5-11/h6-7,9-11,16H,3-5H2,1-2H3/b12-9+/t10-/m1/s1. The molecule has 0 aliphatic heterocycles. The fourth-order valence-electron chi connectivity index (χ4n) is 2.02. The lowest BCUT2D eigenvalue weighted by atomic mass is 10.2. The van der Waals surface area contributed by atoms with Crippen LogP contribution in [0.5, 0.6) is 0 Å². The van der Waals surface area contributed by atoms with Crippen LogP contribution in [0.2, 0.25) is 0 Å². The number of nitrogens with zero attached hydrogens (tertiary/aromatic N) is 3. The summed E-state index contributed by atoms with van der Waals surface area (Å²) < 4.78 is 6.68. The zero-order valence-electron chi connectivity index (χ0n) is 11.7. The molecule has 1 aliphatic rings. The summed E-state index contributed by atoms with van der Waals surface area (Å²) in [6, 6.07) is 3.96. The van der Waals surface area contributed by atoms with Gasteiger partial charge in [0, 0.05) is 12.3 Å². The molecule has 1 fully saturated rings. The number of nitrogens with one attached hydrogen (secondary N) is 1. The van der Waals surface area contributed by atoms with Gasteiger partial charge in [0.2, 0.25) is 0 Å². The van der Waals surface area contributed by atoms with E-state index in [0.717, 1.165) is 5.82 Å². The maximum absolute atomic E-state index is 11.5. The van der Waals surface area contributed by atoms with Crippen LogP contribution in [0.1, 0.15) is 32.7 Å². The van der Waals surface area contributed by atoms with Crippen molar-refractivity contribution < 1.29 is 9.53 Å². The van der Waals surface area contributed by atoms with Gasteiger partial charge >= 0.3 is 5.97 Å². The van der Waals surface area contributed by atoms with Crippen molar-refractivity contribution >= 4 is 11.8 Å². The van der Waals surface area contributed by atoms with E-state index in [-0.39, 0.29) is 12.2 Å². The first kappa shape index (κ1) is 14.1. The number of esters is 1. The molecule has 6 heteroatoms. The minimum absolute atomic E-state index is 0.0568. The van der Waals surface area contributed by atoms with Gasteiger partial charge in [-0.3, -0.25) is 0 Å². The van der Waals surface area contributed by atoms with E-state index >= 15 is 0 Å². The lowest BCUT2D eigenvalue weighted by molar-refractivity contribution is -0.138. The lowest BCUT2D eigenvalue weighted by Gasteiger charge is -2.14. The molecule has 1 aromatic heterocycles. The Morgan fingerprint density at radius 2 is 2.50 bits per heavy atom. The van der Waals surface area contributed by atoms with Gasteiger partial charge in [-0.15, -0.1) is 0 Å². The van der Waals surface area contributed by atoms with E-state index in [1.807, 2.05) is 16.8 Å². The Balaban J connectivity index is 2.08. The molecule has 0 aromatic carbocycles. The van der Waals surface area contributed by atoms with Crippen LogP contribution in [-0.4, -0.2) is 22.4 Å². The molecule has 0 spiro atoms. The van der Waals surface area contributed by atoms with Gasteiger partial charge in [-0.1, -0.05) is 0 Å². The predicted molar refractivity (Wildman–Crippen MR) is 73.6 cm³/mol. The second kappa shape index (κ2) is 6.24. The summed E-state index contributed by atoms with van der Waals surface area (Å²) in [5.41, 5.74) is -0.0568. The fraction of sp³-hybridized carbons (Fsp3) is 0.500. The highest BCUT2D eigenvalue weighted by molar-refractivity contribution is 5.93. The van der Waals surface area contributed by atoms with Crippen LogP contribution < -0.4 is 5.32 Å². The monoisotopic (exact) mass is 274 g/mol. The Labute approximate surface area is 118 Å². The largest absolute Gasteiger partial charge is 0.462 e. The predicted octanol–water partition coefficient (Wildman–Crippen LogP) is 2.24. The van der Waals surface area contributed by atoms with E-state index in [4.69, 9.17) is 10.00 Å². The zero-order valence-corrected chi connectivity index (χ0v) is 11.7. The van der Waals surface area contributed by atoms with Crippen molar-refractivity contribution in [1.82, 2.24) is 9.78 Å². The van der Waals surface area contributed by atoms with E-state index in [1.165, 1.54) is 19.0 Å². The van der Waals surface area contributed by atoms with Crippen molar-refractivity contribution in [3.63, 3.8) is 0 Å². The Morgan fingerprint density at radius 1 is 1.75 bits per heavy atom. The summed E-state index contributed by atoms with van der Waals surface area (Å²) in [6.45, 7) is 4.07. The second-order valence-corrected chi connectivity index (χ2v) is 4.77. The maximum atomic E-state index is 11.5. The lowest BCUT2D eigenvalue weighted by Crippen LogP contribution is -2.13. The number of ether oxygens (including phenoxy) is 1. The fourth-order valence-corrected chi connectivity index (χ4v) is 2.02. The summed E-state index contributed by atoms with van der Waals surface area (Å²) in [5.74, 6) is 0.810. The van der Waals surface area contributed by atoms with E-state index in [0.29, 0.717) is 12.0 Å². The first-order valence-corrected chi connectivity index (χ1v) is 6.74. The molecule has 0 unspecified atom stereocenters. The minimum atomic E-state index is -0.621. The molecule has 1 saturated carbocycles. The number of rotatable bonds is 6. The average molecular weight is 274 g/mol. The normalized spacial score (nSPS) is 16.4. The first-order chi connectivity index (χ1) is 9.67. The van der Waals surface area contributed by atoms with Gasteiger partial charge in [-0.05, 0) is 32.6 Å². The molecule has 106 valence electrons.